The molecule has 120 valence electrons. The number of hydrogen-bond acceptors (Lipinski definition) is 3. The number of rotatable bonds is 0. The molecule has 0 saturated heterocycles. The van der Waals surface area contributed by atoms with Gasteiger partial charge < -0.3 is 4.55 Å². The van der Waals surface area contributed by atoms with Crippen molar-refractivity contribution in [3.63, 3.8) is 0 Å². The van der Waals surface area contributed by atoms with Crippen LogP contribution in [0.5, 0.6) is 0 Å². The van der Waals surface area contributed by atoms with Gasteiger partial charge in [-0.15, -0.1) is 0 Å². The molecule has 0 aliphatic heterocycles. The second-order valence-electron chi connectivity index (χ2n) is 2.18. The maximum atomic E-state index is 10.4. The van der Waals surface area contributed by atoms with Gasteiger partial charge in [-0.25, -0.2) is 31.1 Å². The summed E-state index contributed by atoms with van der Waals surface area (Å²) < 4.78 is 131. The van der Waals surface area contributed by atoms with Crippen LogP contribution in [0.1, 0.15) is 0 Å². The molecular formula is C4H4F10LiNO3S. The summed E-state index contributed by atoms with van der Waals surface area (Å²) in [5.74, 6) is 0. The van der Waals surface area contributed by atoms with Crippen LogP contribution in [0.2, 0.25) is 0 Å². The molecule has 0 unspecified atom stereocenters. The average molecular weight is 343 g/mol. The van der Waals surface area contributed by atoms with Crippen molar-refractivity contribution in [2.75, 3.05) is 0 Å². The zero-order chi connectivity index (χ0) is 16.7. The van der Waals surface area contributed by atoms with Crippen LogP contribution in [0.3, 0.4) is 0 Å². The Morgan fingerprint density at radius 3 is 0.850 bits per heavy atom. The predicted octanol–water partition coefficient (Wildman–Crippen LogP) is -0.963. The summed E-state index contributed by atoms with van der Waals surface area (Å²) >= 11 is 0. The monoisotopic (exact) mass is 343 g/mol. The van der Waals surface area contributed by atoms with E-state index in [0.717, 1.165) is 0 Å². The van der Waals surface area contributed by atoms with Crippen LogP contribution in [0.25, 0.3) is 0 Å². The van der Waals surface area contributed by atoms with E-state index < -0.39 is 35.5 Å². The van der Waals surface area contributed by atoms with E-state index in [4.69, 9.17) is 13.0 Å². The van der Waals surface area contributed by atoms with Crippen molar-refractivity contribution in [1.82, 2.24) is 0 Å². The molecule has 0 aliphatic rings. The molecule has 0 radical (unpaired) electrons. The van der Waals surface area contributed by atoms with E-state index in [2.05, 4.69) is 5.14 Å². The molecule has 4 nitrogen and oxygen atoms in total. The summed E-state index contributed by atoms with van der Waals surface area (Å²) in [6.45, 7) is 0. The van der Waals surface area contributed by atoms with Gasteiger partial charge in [0.15, 0.2) is 10.3 Å². The Kier molecular flexibility index (Phi) is 14.7. The number of nitrogens with two attached hydrogens (primary N) is 1. The fourth-order valence-electron chi connectivity index (χ4n) is 0. The molecule has 0 heterocycles. The van der Waals surface area contributed by atoms with Gasteiger partial charge in [-0.05, 0) is 0 Å². The van der Waals surface area contributed by atoms with Gasteiger partial charge in [-0.2, -0.15) is 26.3 Å². The predicted molar refractivity (Wildman–Crippen MR) is 38.0 cm³/mol. The van der Waals surface area contributed by atoms with Crippen molar-refractivity contribution >= 4 is 10.3 Å². The van der Waals surface area contributed by atoms with Crippen LogP contribution in [0.15, 0.2) is 0 Å². The van der Waals surface area contributed by atoms with Gasteiger partial charge in [-0.1, -0.05) is 0 Å². The first-order chi connectivity index (χ1) is 7.89. The first-order valence-electron chi connectivity index (χ1n) is 3.32. The molecule has 0 aromatic rings. The topological polar surface area (TPSA) is 83.2 Å². The van der Waals surface area contributed by atoms with Crippen LogP contribution in [0.4, 0.5) is 43.9 Å². The van der Waals surface area contributed by atoms with E-state index >= 15 is 0 Å². The molecule has 2 N–H and O–H groups in total. The molecular weight excluding hydrogens is 339 g/mol. The van der Waals surface area contributed by atoms with Gasteiger partial charge in [0.25, 0.3) is 0 Å². The molecule has 0 aliphatic carbocycles. The van der Waals surface area contributed by atoms with E-state index in [0.29, 0.717) is 0 Å². The summed E-state index contributed by atoms with van der Waals surface area (Å²) in [5.41, 5.74) is 0. The van der Waals surface area contributed by atoms with Crippen LogP contribution in [-0.2, 0) is 10.3 Å². The number of halogens is 10. The van der Waals surface area contributed by atoms with Crippen LogP contribution in [-0.4, -0.2) is 38.2 Å². The van der Waals surface area contributed by atoms with Crippen LogP contribution < -0.4 is 24.0 Å². The molecule has 16 heteroatoms. The van der Waals surface area contributed by atoms with Gasteiger partial charge in [0.05, 0.1) is 0 Å². The van der Waals surface area contributed by atoms with Crippen molar-refractivity contribution < 1.29 is 75.7 Å². The molecule has 0 aromatic carbocycles. The van der Waals surface area contributed by atoms with Crippen molar-refractivity contribution in [2.45, 2.75) is 25.2 Å². The van der Waals surface area contributed by atoms with E-state index in [1.165, 1.54) is 0 Å². The maximum Gasteiger partial charge on any atom is 1.00 e. The summed E-state index contributed by atoms with van der Waals surface area (Å²) in [5, 5.41) is 3.77. The quantitative estimate of drug-likeness (QED) is 0.349. The van der Waals surface area contributed by atoms with Crippen molar-refractivity contribution in [3.8, 4) is 0 Å². The zero-order valence-electron chi connectivity index (χ0n) is 9.14. The Morgan fingerprint density at radius 1 is 0.800 bits per heavy atom. The molecule has 0 fully saturated rings. The SMILES string of the molecule is FC(F)C(F)(F)F.FC(F)C(F)(F)F.NS(=O)(=O)[O-].[Li+]. The summed E-state index contributed by atoms with van der Waals surface area (Å²) in [7, 11) is -4.42. The molecule has 0 saturated carbocycles. The first kappa shape index (κ1) is 28.0. The third-order valence-electron chi connectivity index (χ3n) is 0.495. The minimum atomic E-state index is -5.33. The Labute approximate surface area is 117 Å². The fraction of sp³-hybridized carbons (Fsp3) is 1.00. The first-order valence-corrected chi connectivity index (χ1v) is 4.79. The molecule has 0 aromatic heterocycles. The maximum absolute atomic E-state index is 10.4. The normalized spacial score (nSPS) is 11.9. The second kappa shape index (κ2) is 10.5. The Morgan fingerprint density at radius 2 is 0.850 bits per heavy atom. The molecule has 0 rings (SSSR count). The molecule has 20 heavy (non-hydrogen) atoms. The largest absolute Gasteiger partial charge is 1.00 e. The molecule has 0 amide bonds. The van der Waals surface area contributed by atoms with Gasteiger partial charge in [0, 0.05) is 0 Å². The summed E-state index contributed by atoms with van der Waals surface area (Å²) in [6, 6.07) is 0. The Bertz CT molecular complexity index is 298. The number of alkyl halides is 10. The van der Waals surface area contributed by atoms with Crippen molar-refractivity contribution in [1.29, 1.82) is 0 Å². The Hall–Kier alpha value is -0.233. The summed E-state index contributed by atoms with van der Waals surface area (Å²) in [4.78, 5) is 0. The zero-order valence-corrected chi connectivity index (χ0v) is 9.96. The smallest absolute Gasteiger partial charge is 0.736 e. The molecule has 0 bridgehead atoms. The van der Waals surface area contributed by atoms with E-state index in [1.54, 1.807) is 0 Å². The minimum absolute atomic E-state index is 0. The summed E-state index contributed by atoms with van der Waals surface area (Å²) in [6.07, 6.45) is -19.1. The minimum Gasteiger partial charge on any atom is -0.736 e. The van der Waals surface area contributed by atoms with Crippen molar-refractivity contribution in [3.05, 3.63) is 0 Å². The average Bonchev–Trinajstić information content (AvgIpc) is 1.97. The van der Waals surface area contributed by atoms with E-state index in [9.17, 15) is 43.9 Å². The number of hydrogen-bond donors (Lipinski definition) is 1. The van der Waals surface area contributed by atoms with Gasteiger partial charge in [0.1, 0.15) is 0 Å². The van der Waals surface area contributed by atoms with Gasteiger partial charge >= 0.3 is 44.1 Å². The van der Waals surface area contributed by atoms with E-state index in [-0.39, 0.29) is 18.9 Å². The fourth-order valence-corrected chi connectivity index (χ4v) is 0. The van der Waals surface area contributed by atoms with Gasteiger partial charge in [-0.3, -0.25) is 0 Å². The third kappa shape index (κ3) is 36.1. The second-order valence-corrected chi connectivity index (χ2v) is 3.16. The van der Waals surface area contributed by atoms with Crippen molar-refractivity contribution in [2.24, 2.45) is 5.14 Å². The van der Waals surface area contributed by atoms with Crippen LogP contribution in [0, 0.1) is 0 Å². The standard InChI is InChI=1S/2C2HF5.Li.H3NO3S/c2*3-1(4)2(5,6)7;;1-5(2,3)4/h2*1H;;(H3,1,2,3,4)/q;;+1;/p-1. The Balaban J connectivity index is -0.0000000952. The van der Waals surface area contributed by atoms with Crippen LogP contribution >= 0.6 is 0 Å². The van der Waals surface area contributed by atoms with E-state index in [1.807, 2.05) is 0 Å². The van der Waals surface area contributed by atoms with Gasteiger partial charge in [0.2, 0.25) is 0 Å². The molecule has 0 atom stereocenters. The third-order valence-corrected chi connectivity index (χ3v) is 0.495. The molecule has 0 spiro atoms.